The van der Waals surface area contributed by atoms with E-state index in [-0.39, 0.29) is 5.91 Å². The SMILES string of the molecule is Cc1ccc(-n2nccn2)c(C(=O)N2CC3CCNCC32)c1. The predicted octanol–water partition coefficient (Wildman–Crippen LogP) is 1.01. The Hall–Kier alpha value is -2.21. The van der Waals surface area contributed by atoms with Crippen molar-refractivity contribution >= 4 is 5.91 Å². The van der Waals surface area contributed by atoms with Crippen molar-refractivity contribution < 1.29 is 4.79 Å². The van der Waals surface area contributed by atoms with E-state index < -0.39 is 0 Å². The molecular weight excluding hydrogens is 278 g/mol. The molecule has 2 unspecified atom stereocenters. The van der Waals surface area contributed by atoms with Gasteiger partial charge in [-0.15, -0.1) is 0 Å². The summed E-state index contributed by atoms with van der Waals surface area (Å²) < 4.78 is 0. The highest BCUT2D eigenvalue weighted by Crippen LogP contribution is 2.32. The molecule has 2 saturated heterocycles. The first-order valence-electron chi connectivity index (χ1n) is 7.73. The zero-order valence-corrected chi connectivity index (χ0v) is 12.6. The van der Waals surface area contributed by atoms with Gasteiger partial charge in [0.15, 0.2) is 0 Å². The van der Waals surface area contributed by atoms with E-state index in [4.69, 9.17) is 0 Å². The molecule has 114 valence electrons. The molecule has 4 rings (SSSR count). The second-order valence-electron chi connectivity index (χ2n) is 6.12. The molecule has 1 N–H and O–H groups in total. The second kappa shape index (κ2) is 5.21. The van der Waals surface area contributed by atoms with Gasteiger partial charge in [0, 0.05) is 19.1 Å². The Balaban J connectivity index is 1.67. The molecule has 3 heterocycles. The lowest BCUT2D eigenvalue weighted by molar-refractivity contribution is 0.00278. The number of hydrogen-bond acceptors (Lipinski definition) is 4. The smallest absolute Gasteiger partial charge is 0.256 e. The van der Waals surface area contributed by atoms with Crippen molar-refractivity contribution in [1.29, 1.82) is 0 Å². The van der Waals surface area contributed by atoms with Crippen LogP contribution in [0.1, 0.15) is 22.3 Å². The number of fused-ring (bicyclic) bond motifs is 1. The fourth-order valence-electron chi connectivity index (χ4n) is 3.45. The molecule has 22 heavy (non-hydrogen) atoms. The van der Waals surface area contributed by atoms with Gasteiger partial charge in [-0.3, -0.25) is 4.79 Å². The fraction of sp³-hybridized carbons (Fsp3) is 0.438. The third-order valence-electron chi connectivity index (χ3n) is 4.70. The van der Waals surface area contributed by atoms with Gasteiger partial charge < -0.3 is 10.2 Å². The number of nitrogens with zero attached hydrogens (tertiary/aromatic N) is 4. The summed E-state index contributed by atoms with van der Waals surface area (Å²) in [5.74, 6) is 0.738. The maximum atomic E-state index is 13.0. The summed E-state index contributed by atoms with van der Waals surface area (Å²) in [5, 5.41) is 11.7. The van der Waals surface area contributed by atoms with Crippen LogP contribution < -0.4 is 5.32 Å². The zero-order chi connectivity index (χ0) is 15.1. The number of aromatic nitrogens is 3. The van der Waals surface area contributed by atoms with Crippen molar-refractivity contribution in [3.05, 3.63) is 41.7 Å². The molecule has 2 aliphatic heterocycles. The van der Waals surface area contributed by atoms with E-state index in [1.807, 2.05) is 30.0 Å². The summed E-state index contributed by atoms with van der Waals surface area (Å²) >= 11 is 0. The quantitative estimate of drug-likeness (QED) is 0.898. The number of amides is 1. The number of aryl methyl sites for hydroxylation is 1. The second-order valence-corrected chi connectivity index (χ2v) is 6.12. The van der Waals surface area contributed by atoms with Crippen LogP contribution in [0.25, 0.3) is 5.69 Å². The Kier molecular flexibility index (Phi) is 3.18. The van der Waals surface area contributed by atoms with Crippen molar-refractivity contribution in [2.75, 3.05) is 19.6 Å². The monoisotopic (exact) mass is 297 g/mol. The molecule has 0 bridgehead atoms. The lowest BCUT2D eigenvalue weighted by Gasteiger charge is -2.51. The van der Waals surface area contributed by atoms with Crippen LogP contribution in [0.2, 0.25) is 0 Å². The van der Waals surface area contributed by atoms with E-state index in [1.54, 1.807) is 12.4 Å². The van der Waals surface area contributed by atoms with Crippen molar-refractivity contribution in [2.45, 2.75) is 19.4 Å². The van der Waals surface area contributed by atoms with Crippen LogP contribution >= 0.6 is 0 Å². The van der Waals surface area contributed by atoms with Crippen LogP contribution in [0.15, 0.2) is 30.6 Å². The van der Waals surface area contributed by atoms with Crippen LogP contribution in [0, 0.1) is 12.8 Å². The summed E-state index contributed by atoms with van der Waals surface area (Å²) in [6.45, 7) is 4.83. The maximum absolute atomic E-state index is 13.0. The van der Waals surface area contributed by atoms with Crippen molar-refractivity contribution in [3.63, 3.8) is 0 Å². The lowest BCUT2D eigenvalue weighted by Crippen LogP contribution is -2.65. The van der Waals surface area contributed by atoms with Crippen LogP contribution in [0.5, 0.6) is 0 Å². The summed E-state index contributed by atoms with van der Waals surface area (Å²) in [7, 11) is 0. The third-order valence-corrected chi connectivity index (χ3v) is 4.70. The molecule has 1 aromatic heterocycles. The first-order valence-corrected chi connectivity index (χ1v) is 7.73. The van der Waals surface area contributed by atoms with Gasteiger partial charge >= 0.3 is 0 Å². The van der Waals surface area contributed by atoms with E-state index in [1.165, 1.54) is 4.80 Å². The number of likely N-dealkylation sites (tertiary alicyclic amines) is 1. The molecule has 2 aromatic rings. The number of carbonyl (C=O) groups is 1. The van der Waals surface area contributed by atoms with E-state index in [9.17, 15) is 4.79 Å². The molecule has 2 atom stereocenters. The summed E-state index contributed by atoms with van der Waals surface area (Å²) in [5.41, 5.74) is 2.49. The van der Waals surface area contributed by atoms with Gasteiger partial charge in [-0.1, -0.05) is 11.6 Å². The van der Waals surface area contributed by atoms with E-state index in [2.05, 4.69) is 15.5 Å². The molecule has 6 nitrogen and oxygen atoms in total. The van der Waals surface area contributed by atoms with Gasteiger partial charge in [-0.2, -0.15) is 15.0 Å². The van der Waals surface area contributed by atoms with Crippen LogP contribution in [-0.2, 0) is 0 Å². The van der Waals surface area contributed by atoms with Gasteiger partial charge in [0.1, 0.15) is 0 Å². The Labute approximate surface area is 129 Å². The van der Waals surface area contributed by atoms with Crippen molar-refractivity contribution in [2.24, 2.45) is 5.92 Å². The highest BCUT2D eigenvalue weighted by Gasteiger charge is 2.43. The standard InChI is InChI=1S/C16H19N5O/c1-11-2-3-14(21-18-6-7-19-21)13(8-11)16(22)20-10-12-4-5-17-9-15(12)20/h2-3,6-8,12,15,17H,4-5,9-10H2,1H3. The third kappa shape index (κ3) is 2.11. The molecule has 1 aromatic carbocycles. The fourth-order valence-corrected chi connectivity index (χ4v) is 3.45. The minimum atomic E-state index is 0.0842. The molecular formula is C16H19N5O. The molecule has 6 heteroatoms. The average molecular weight is 297 g/mol. The number of nitrogens with one attached hydrogen (secondary N) is 1. The van der Waals surface area contributed by atoms with Crippen LogP contribution in [0.3, 0.4) is 0 Å². The Bertz CT molecular complexity index is 697. The molecule has 0 aliphatic carbocycles. The Morgan fingerprint density at radius 1 is 1.32 bits per heavy atom. The molecule has 0 saturated carbocycles. The van der Waals surface area contributed by atoms with E-state index >= 15 is 0 Å². The van der Waals surface area contributed by atoms with Gasteiger partial charge in [0.25, 0.3) is 5.91 Å². The molecule has 0 spiro atoms. The molecule has 1 amide bonds. The number of carbonyl (C=O) groups excluding carboxylic acids is 1. The highest BCUT2D eigenvalue weighted by molar-refractivity contribution is 5.98. The number of hydrogen-bond donors (Lipinski definition) is 1. The first kappa shape index (κ1) is 13.5. The minimum Gasteiger partial charge on any atom is -0.334 e. The largest absolute Gasteiger partial charge is 0.334 e. The first-order chi connectivity index (χ1) is 10.7. The zero-order valence-electron chi connectivity index (χ0n) is 12.6. The molecule has 2 aliphatic rings. The molecule has 2 fully saturated rings. The summed E-state index contributed by atoms with van der Waals surface area (Å²) in [6.07, 6.45) is 4.41. The minimum absolute atomic E-state index is 0.0842. The maximum Gasteiger partial charge on any atom is 0.256 e. The normalized spacial score (nSPS) is 23.8. The Morgan fingerprint density at radius 2 is 2.14 bits per heavy atom. The van der Waals surface area contributed by atoms with Gasteiger partial charge in [0.05, 0.1) is 23.6 Å². The van der Waals surface area contributed by atoms with E-state index in [0.29, 0.717) is 17.5 Å². The van der Waals surface area contributed by atoms with E-state index in [0.717, 1.165) is 37.3 Å². The van der Waals surface area contributed by atoms with Crippen molar-refractivity contribution in [3.8, 4) is 5.69 Å². The number of benzene rings is 1. The van der Waals surface area contributed by atoms with Gasteiger partial charge in [-0.05, 0) is 37.9 Å². The van der Waals surface area contributed by atoms with Gasteiger partial charge in [-0.25, -0.2) is 0 Å². The Morgan fingerprint density at radius 3 is 2.91 bits per heavy atom. The topological polar surface area (TPSA) is 63.1 Å². The highest BCUT2D eigenvalue weighted by atomic mass is 16.2. The average Bonchev–Trinajstić information content (AvgIpc) is 3.02. The lowest BCUT2D eigenvalue weighted by atomic mass is 9.82. The van der Waals surface area contributed by atoms with Crippen LogP contribution in [0.4, 0.5) is 0 Å². The summed E-state index contributed by atoms with van der Waals surface area (Å²) in [4.78, 5) is 16.5. The van der Waals surface area contributed by atoms with Gasteiger partial charge in [0.2, 0.25) is 0 Å². The number of piperidine rings is 1. The predicted molar refractivity (Wildman–Crippen MR) is 81.9 cm³/mol. The summed E-state index contributed by atoms with van der Waals surface area (Å²) in [6, 6.07) is 6.17. The van der Waals surface area contributed by atoms with Crippen LogP contribution in [-0.4, -0.2) is 51.5 Å². The van der Waals surface area contributed by atoms with Crippen molar-refractivity contribution in [1.82, 2.24) is 25.2 Å². The molecule has 0 radical (unpaired) electrons. The number of rotatable bonds is 2.